The van der Waals surface area contributed by atoms with E-state index in [0.717, 1.165) is 6.07 Å². The maximum Gasteiger partial charge on any atom is 0.326 e. The largest absolute Gasteiger partial charge is 0.744 e. The summed E-state index contributed by atoms with van der Waals surface area (Å²) in [5.41, 5.74) is 0.0891. The van der Waals surface area contributed by atoms with Gasteiger partial charge in [-0.1, -0.05) is 6.07 Å². The second-order valence-corrected chi connectivity index (χ2v) is 9.50. The lowest BCUT2D eigenvalue weighted by molar-refractivity contribution is -0.597. The molecule has 3 aromatic rings. The molecule has 0 saturated carbocycles. The van der Waals surface area contributed by atoms with Crippen LogP contribution in [0.3, 0.4) is 0 Å². The molecule has 0 aliphatic heterocycles. The molecule has 0 unspecified atom stereocenters. The number of aromatic hydroxyl groups is 1. The van der Waals surface area contributed by atoms with Crippen molar-refractivity contribution in [2.24, 2.45) is 20.5 Å². The minimum atomic E-state index is -4.88. The summed E-state index contributed by atoms with van der Waals surface area (Å²) in [7, 11) is 0.354. The van der Waals surface area contributed by atoms with Gasteiger partial charge in [0, 0.05) is 25.7 Å². The highest BCUT2D eigenvalue weighted by Crippen LogP contribution is 2.35. The molecule has 0 spiro atoms. The van der Waals surface area contributed by atoms with E-state index in [2.05, 4.69) is 20.5 Å². The maximum atomic E-state index is 13.4. The third-order valence-corrected chi connectivity index (χ3v) is 6.16. The van der Waals surface area contributed by atoms with Crippen molar-refractivity contribution in [3.05, 3.63) is 64.7 Å². The van der Waals surface area contributed by atoms with Gasteiger partial charge >= 0.3 is 5.56 Å². The molecule has 0 amide bonds. The SMILES string of the molecule is CN=Nc1ccc(S(=O)(=O)[O-])c(N=Nc2c(C)c(-[n+]3ccccc3)c(=O)n(CCCN(C)C)c2O)c1. The summed E-state index contributed by atoms with van der Waals surface area (Å²) in [5.74, 6) is -0.420. The van der Waals surface area contributed by atoms with Crippen molar-refractivity contribution in [2.75, 3.05) is 27.7 Å². The van der Waals surface area contributed by atoms with Gasteiger partial charge in [0.05, 0.1) is 16.1 Å². The highest BCUT2D eigenvalue weighted by atomic mass is 32.2. The number of aromatic nitrogens is 2. The number of pyridine rings is 2. The normalized spacial score (nSPS) is 12.3. The van der Waals surface area contributed by atoms with Crippen LogP contribution in [0.1, 0.15) is 12.0 Å². The first-order valence-electron chi connectivity index (χ1n) is 10.9. The predicted octanol–water partition coefficient (Wildman–Crippen LogP) is 3.12. The molecular formula is C23H27N7O5S. The van der Waals surface area contributed by atoms with Gasteiger partial charge in [0.15, 0.2) is 18.1 Å². The molecule has 13 heteroatoms. The van der Waals surface area contributed by atoms with Crippen LogP contribution < -0.4 is 10.1 Å². The molecule has 1 aromatic carbocycles. The fraction of sp³-hybridized carbons (Fsp3) is 0.304. The third kappa shape index (κ3) is 6.05. The van der Waals surface area contributed by atoms with Crippen molar-refractivity contribution in [3.63, 3.8) is 0 Å². The average molecular weight is 514 g/mol. The molecule has 0 fully saturated rings. The Kier molecular flexibility index (Phi) is 8.40. The number of benzene rings is 1. The summed E-state index contributed by atoms with van der Waals surface area (Å²) in [6.07, 6.45) is 3.95. The lowest BCUT2D eigenvalue weighted by atomic mass is 10.2. The van der Waals surface area contributed by atoms with Crippen LogP contribution in [0.2, 0.25) is 0 Å². The monoisotopic (exact) mass is 513 g/mol. The Morgan fingerprint density at radius 3 is 2.42 bits per heavy atom. The second kappa shape index (κ2) is 11.3. The van der Waals surface area contributed by atoms with E-state index >= 15 is 0 Å². The third-order valence-electron chi connectivity index (χ3n) is 5.27. The van der Waals surface area contributed by atoms with E-state index in [0.29, 0.717) is 18.5 Å². The fourth-order valence-corrected chi connectivity index (χ4v) is 4.18. The Morgan fingerprint density at radius 2 is 1.81 bits per heavy atom. The van der Waals surface area contributed by atoms with Crippen LogP contribution in [0.25, 0.3) is 5.69 Å². The average Bonchev–Trinajstić information content (AvgIpc) is 2.81. The van der Waals surface area contributed by atoms with E-state index in [1.54, 1.807) is 42.1 Å². The number of rotatable bonds is 9. The summed E-state index contributed by atoms with van der Waals surface area (Å²) in [6, 6.07) is 8.93. The van der Waals surface area contributed by atoms with Crippen molar-refractivity contribution in [2.45, 2.75) is 24.8 Å². The zero-order chi connectivity index (χ0) is 26.5. The van der Waals surface area contributed by atoms with E-state index in [1.165, 1.54) is 23.7 Å². The van der Waals surface area contributed by atoms with Crippen LogP contribution in [0.15, 0.2) is 78.9 Å². The summed E-state index contributed by atoms with van der Waals surface area (Å²) < 4.78 is 38.1. The molecule has 0 aliphatic rings. The van der Waals surface area contributed by atoms with E-state index in [1.807, 2.05) is 19.0 Å². The van der Waals surface area contributed by atoms with Gasteiger partial charge in [-0.15, -0.1) is 10.2 Å². The second-order valence-electron chi connectivity index (χ2n) is 8.15. The molecular weight excluding hydrogens is 486 g/mol. The Balaban J connectivity index is 2.23. The van der Waals surface area contributed by atoms with Gasteiger partial charge in [0.1, 0.15) is 15.8 Å². The zero-order valence-electron chi connectivity index (χ0n) is 20.4. The summed E-state index contributed by atoms with van der Waals surface area (Å²) >= 11 is 0. The molecule has 0 atom stereocenters. The van der Waals surface area contributed by atoms with Gasteiger partial charge in [-0.2, -0.15) is 14.8 Å². The lowest BCUT2D eigenvalue weighted by Gasteiger charge is -2.15. The summed E-state index contributed by atoms with van der Waals surface area (Å²) in [4.78, 5) is 14.7. The Hall–Kier alpha value is -3.81. The Bertz CT molecular complexity index is 1470. The van der Waals surface area contributed by atoms with Gasteiger partial charge < -0.3 is 14.6 Å². The molecule has 2 heterocycles. The first-order valence-corrected chi connectivity index (χ1v) is 12.3. The molecule has 36 heavy (non-hydrogen) atoms. The predicted molar refractivity (Wildman–Crippen MR) is 131 cm³/mol. The minimum absolute atomic E-state index is 0.0393. The van der Waals surface area contributed by atoms with Crippen molar-refractivity contribution < 1.29 is 22.6 Å². The van der Waals surface area contributed by atoms with E-state index in [-0.39, 0.29) is 29.3 Å². The first-order chi connectivity index (χ1) is 17.0. The Morgan fingerprint density at radius 1 is 1.11 bits per heavy atom. The van der Waals surface area contributed by atoms with Crippen LogP contribution in [0, 0.1) is 6.92 Å². The minimum Gasteiger partial charge on any atom is -0.744 e. The van der Waals surface area contributed by atoms with E-state index in [9.17, 15) is 22.9 Å². The quantitative estimate of drug-likeness (QED) is 0.263. The van der Waals surface area contributed by atoms with Crippen molar-refractivity contribution in [3.8, 4) is 11.6 Å². The topological polar surface area (TPSA) is 156 Å². The van der Waals surface area contributed by atoms with Crippen molar-refractivity contribution in [1.29, 1.82) is 0 Å². The summed E-state index contributed by atoms with van der Waals surface area (Å²) in [6.45, 7) is 2.48. The highest BCUT2D eigenvalue weighted by Gasteiger charge is 2.25. The smallest absolute Gasteiger partial charge is 0.326 e. The van der Waals surface area contributed by atoms with Crippen LogP contribution >= 0.6 is 0 Å². The number of azo groups is 2. The molecule has 0 radical (unpaired) electrons. The van der Waals surface area contributed by atoms with Crippen LogP contribution in [0.5, 0.6) is 5.88 Å². The molecule has 12 nitrogen and oxygen atoms in total. The molecule has 0 saturated heterocycles. The van der Waals surface area contributed by atoms with Crippen LogP contribution in [-0.2, 0) is 16.7 Å². The standard InChI is InChI=1S/C23H27N7O5S/c1-16-20(27-26-18-15-17(25-24-2)9-10-19(18)36(33,34)35)22(31)30(14-8-11-28(3)4)23(32)21(16)29-12-6-5-7-13-29/h5-7,9-10,12-13,15H,8,11,14H2,1-4H3,(H-,26,31,32,33,34,35). The molecule has 3 rings (SSSR count). The molecule has 190 valence electrons. The van der Waals surface area contributed by atoms with Gasteiger partial charge in [-0.3, -0.25) is 9.36 Å². The molecule has 0 aliphatic carbocycles. The van der Waals surface area contributed by atoms with E-state index < -0.39 is 26.5 Å². The number of hydrogen-bond acceptors (Lipinski definition) is 10. The fourth-order valence-electron chi connectivity index (χ4n) is 3.59. The highest BCUT2D eigenvalue weighted by molar-refractivity contribution is 7.86. The molecule has 1 N–H and O–H groups in total. The lowest BCUT2D eigenvalue weighted by Crippen LogP contribution is -2.40. The molecule has 2 aromatic heterocycles. The zero-order valence-corrected chi connectivity index (χ0v) is 21.2. The maximum absolute atomic E-state index is 13.4. The van der Waals surface area contributed by atoms with Gasteiger partial charge in [-0.05, 0) is 52.2 Å². The van der Waals surface area contributed by atoms with Crippen LogP contribution in [-0.4, -0.2) is 55.2 Å². The van der Waals surface area contributed by atoms with Gasteiger partial charge in [0.2, 0.25) is 5.88 Å². The van der Waals surface area contributed by atoms with E-state index in [4.69, 9.17) is 0 Å². The van der Waals surface area contributed by atoms with Gasteiger partial charge in [0.25, 0.3) is 5.69 Å². The molecule has 0 bridgehead atoms. The van der Waals surface area contributed by atoms with Crippen molar-refractivity contribution >= 4 is 27.2 Å². The Labute approximate surface area is 208 Å². The van der Waals surface area contributed by atoms with Crippen molar-refractivity contribution in [1.82, 2.24) is 9.47 Å². The van der Waals surface area contributed by atoms with Crippen LogP contribution in [0.4, 0.5) is 17.1 Å². The first kappa shape index (κ1) is 26.8. The van der Waals surface area contributed by atoms with Gasteiger partial charge in [-0.25, -0.2) is 8.42 Å². The summed E-state index contributed by atoms with van der Waals surface area (Å²) in [5, 5.41) is 26.5. The number of hydrogen-bond donors (Lipinski definition) is 1. The number of nitrogens with zero attached hydrogens (tertiary/aromatic N) is 7.